The first kappa shape index (κ1) is 14.8. The molecule has 0 aromatic heterocycles. The van der Waals surface area contributed by atoms with Crippen LogP contribution in [0, 0.1) is 6.92 Å². The molecular weight excluding hydrogens is 256 g/mol. The summed E-state index contributed by atoms with van der Waals surface area (Å²) in [5, 5.41) is 18.4. The van der Waals surface area contributed by atoms with Crippen LogP contribution in [0.3, 0.4) is 0 Å². The van der Waals surface area contributed by atoms with Crippen LogP contribution < -0.4 is 4.90 Å². The molecule has 20 heavy (non-hydrogen) atoms. The van der Waals surface area contributed by atoms with E-state index in [1.54, 1.807) is 6.07 Å². The molecule has 1 fully saturated rings. The Bertz CT molecular complexity index is 476. The summed E-state index contributed by atoms with van der Waals surface area (Å²) in [4.78, 5) is 15.8. The van der Waals surface area contributed by atoms with Gasteiger partial charge < -0.3 is 15.1 Å². The molecule has 0 amide bonds. The summed E-state index contributed by atoms with van der Waals surface area (Å²) in [5.74, 6) is -0.875. The van der Waals surface area contributed by atoms with Gasteiger partial charge in [-0.25, -0.2) is 4.79 Å². The number of carbonyl (C=O) groups is 1. The first-order valence-corrected chi connectivity index (χ1v) is 7.04. The van der Waals surface area contributed by atoms with Crippen LogP contribution in [0.4, 0.5) is 5.69 Å². The molecule has 5 heteroatoms. The van der Waals surface area contributed by atoms with Gasteiger partial charge in [0.05, 0.1) is 17.9 Å². The van der Waals surface area contributed by atoms with Gasteiger partial charge in [-0.2, -0.15) is 0 Å². The molecule has 110 valence electrons. The fourth-order valence-corrected chi connectivity index (χ4v) is 2.67. The number of aliphatic hydroxyl groups is 1. The third-order valence-corrected chi connectivity index (χ3v) is 3.73. The lowest BCUT2D eigenvalue weighted by Crippen LogP contribution is -2.33. The van der Waals surface area contributed by atoms with Crippen LogP contribution in [-0.4, -0.2) is 60.4 Å². The third kappa shape index (κ3) is 3.49. The summed E-state index contributed by atoms with van der Waals surface area (Å²) >= 11 is 0. The second-order valence-electron chi connectivity index (χ2n) is 5.23. The highest BCUT2D eigenvalue weighted by atomic mass is 16.4. The zero-order valence-electron chi connectivity index (χ0n) is 11.9. The van der Waals surface area contributed by atoms with E-state index < -0.39 is 5.97 Å². The number of benzene rings is 1. The average Bonchev–Trinajstić information content (AvgIpc) is 2.65. The Morgan fingerprint density at radius 1 is 1.25 bits per heavy atom. The van der Waals surface area contributed by atoms with E-state index in [1.165, 1.54) is 0 Å². The molecule has 0 atom stereocenters. The topological polar surface area (TPSA) is 64.0 Å². The minimum Gasteiger partial charge on any atom is -0.478 e. The van der Waals surface area contributed by atoms with Crippen molar-refractivity contribution in [3.63, 3.8) is 0 Å². The summed E-state index contributed by atoms with van der Waals surface area (Å²) in [6, 6.07) is 5.59. The zero-order valence-corrected chi connectivity index (χ0v) is 11.9. The van der Waals surface area contributed by atoms with Crippen LogP contribution in [0.5, 0.6) is 0 Å². The summed E-state index contributed by atoms with van der Waals surface area (Å²) in [7, 11) is 0. The number of nitrogens with zero attached hydrogens (tertiary/aromatic N) is 2. The highest BCUT2D eigenvalue weighted by Crippen LogP contribution is 2.23. The minimum absolute atomic E-state index is 0.172. The number of carboxylic acids is 1. The van der Waals surface area contributed by atoms with E-state index in [1.807, 2.05) is 19.1 Å². The molecule has 0 saturated carbocycles. The molecule has 2 N–H and O–H groups in total. The number of aliphatic hydroxyl groups excluding tert-OH is 1. The van der Waals surface area contributed by atoms with Crippen molar-refractivity contribution in [2.24, 2.45) is 0 Å². The van der Waals surface area contributed by atoms with Crippen molar-refractivity contribution < 1.29 is 15.0 Å². The Labute approximate surface area is 119 Å². The predicted octanol–water partition coefficient (Wildman–Crippen LogP) is 1.20. The Kier molecular flexibility index (Phi) is 4.98. The molecule has 0 aliphatic carbocycles. The van der Waals surface area contributed by atoms with E-state index in [2.05, 4.69) is 9.80 Å². The van der Waals surface area contributed by atoms with Gasteiger partial charge in [0.15, 0.2) is 0 Å². The van der Waals surface area contributed by atoms with E-state index in [0.29, 0.717) is 12.1 Å². The fraction of sp³-hybridized carbons (Fsp3) is 0.533. The standard InChI is InChI=1S/C15H22N2O3/c1-12-3-4-14(13(11-12)15(19)20)17-6-2-5-16(7-8-17)9-10-18/h3-4,11,18H,2,5-10H2,1H3,(H,19,20). The zero-order chi connectivity index (χ0) is 14.5. The Morgan fingerprint density at radius 2 is 2.05 bits per heavy atom. The molecule has 1 aromatic rings. The highest BCUT2D eigenvalue weighted by Gasteiger charge is 2.19. The molecule has 0 spiro atoms. The molecule has 5 nitrogen and oxygen atoms in total. The number of anilines is 1. The summed E-state index contributed by atoms with van der Waals surface area (Å²) in [6.45, 7) is 6.22. The highest BCUT2D eigenvalue weighted by molar-refractivity contribution is 5.94. The average molecular weight is 278 g/mol. The number of aromatic carboxylic acids is 1. The van der Waals surface area contributed by atoms with E-state index in [9.17, 15) is 9.90 Å². The largest absolute Gasteiger partial charge is 0.478 e. The van der Waals surface area contributed by atoms with Gasteiger partial charge in [-0.05, 0) is 32.0 Å². The van der Waals surface area contributed by atoms with Gasteiger partial charge in [0.1, 0.15) is 0 Å². The van der Waals surface area contributed by atoms with Crippen molar-refractivity contribution >= 4 is 11.7 Å². The van der Waals surface area contributed by atoms with Gasteiger partial charge in [-0.15, -0.1) is 0 Å². The van der Waals surface area contributed by atoms with E-state index in [-0.39, 0.29) is 6.61 Å². The number of β-amino-alcohol motifs (C(OH)–C–C–N with tert-alkyl or cyclic N) is 1. The second kappa shape index (κ2) is 6.72. The van der Waals surface area contributed by atoms with Crippen molar-refractivity contribution in [1.29, 1.82) is 0 Å². The number of rotatable bonds is 4. The van der Waals surface area contributed by atoms with Crippen molar-refractivity contribution in [2.75, 3.05) is 44.2 Å². The third-order valence-electron chi connectivity index (χ3n) is 3.73. The quantitative estimate of drug-likeness (QED) is 0.866. The lowest BCUT2D eigenvalue weighted by atomic mass is 10.1. The van der Waals surface area contributed by atoms with E-state index >= 15 is 0 Å². The van der Waals surface area contributed by atoms with Crippen LogP contribution in [0.15, 0.2) is 18.2 Å². The van der Waals surface area contributed by atoms with Crippen molar-refractivity contribution in [3.8, 4) is 0 Å². The summed E-state index contributed by atoms with van der Waals surface area (Å²) in [6.07, 6.45) is 0.979. The molecule has 1 aromatic carbocycles. The molecule has 1 heterocycles. The van der Waals surface area contributed by atoms with E-state index in [4.69, 9.17) is 5.11 Å². The van der Waals surface area contributed by atoms with Crippen LogP contribution in [0.2, 0.25) is 0 Å². The monoisotopic (exact) mass is 278 g/mol. The molecule has 1 aliphatic heterocycles. The maximum Gasteiger partial charge on any atom is 0.337 e. The van der Waals surface area contributed by atoms with Crippen LogP contribution in [-0.2, 0) is 0 Å². The maximum absolute atomic E-state index is 11.4. The first-order chi connectivity index (χ1) is 9.61. The molecule has 1 aliphatic rings. The SMILES string of the molecule is Cc1ccc(N2CCCN(CCO)CC2)c(C(=O)O)c1. The van der Waals surface area contributed by atoms with E-state index in [0.717, 1.165) is 43.9 Å². The van der Waals surface area contributed by atoms with Crippen molar-refractivity contribution in [2.45, 2.75) is 13.3 Å². The number of aryl methyl sites for hydroxylation is 1. The Hall–Kier alpha value is -1.59. The molecule has 0 unspecified atom stereocenters. The maximum atomic E-state index is 11.4. The van der Waals surface area contributed by atoms with Gasteiger partial charge >= 0.3 is 5.97 Å². The van der Waals surface area contributed by atoms with Gasteiger partial charge in [0, 0.05) is 26.2 Å². The lowest BCUT2D eigenvalue weighted by molar-refractivity contribution is 0.0697. The van der Waals surface area contributed by atoms with Gasteiger partial charge in [-0.3, -0.25) is 4.90 Å². The number of hydrogen-bond acceptors (Lipinski definition) is 4. The summed E-state index contributed by atoms with van der Waals surface area (Å²) < 4.78 is 0. The van der Waals surface area contributed by atoms with Gasteiger partial charge in [-0.1, -0.05) is 11.6 Å². The Balaban J connectivity index is 2.17. The summed E-state index contributed by atoms with van der Waals surface area (Å²) in [5.41, 5.74) is 2.14. The number of hydrogen-bond donors (Lipinski definition) is 2. The van der Waals surface area contributed by atoms with Crippen LogP contribution in [0.1, 0.15) is 22.3 Å². The molecule has 1 saturated heterocycles. The fourth-order valence-electron chi connectivity index (χ4n) is 2.67. The molecule has 0 radical (unpaired) electrons. The molecule has 2 rings (SSSR count). The Morgan fingerprint density at radius 3 is 2.75 bits per heavy atom. The second-order valence-corrected chi connectivity index (χ2v) is 5.23. The normalized spacial score (nSPS) is 17.0. The van der Waals surface area contributed by atoms with Crippen LogP contribution in [0.25, 0.3) is 0 Å². The van der Waals surface area contributed by atoms with Crippen LogP contribution >= 0.6 is 0 Å². The smallest absolute Gasteiger partial charge is 0.337 e. The van der Waals surface area contributed by atoms with Gasteiger partial charge in [0.2, 0.25) is 0 Å². The minimum atomic E-state index is -0.875. The van der Waals surface area contributed by atoms with Crippen molar-refractivity contribution in [3.05, 3.63) is 29.3 Å². The molecular formula is C15H22N2O3. The van der Waals surface area contributed by atoms with Crippen molar-refractivity contribution in [1.82, 2.24) is 4.90 Å². The molecule has 0 bridgehead atoms. The lowest BCUT2D eigenvalue weighted by Gasteiger charge is -2.25. The predicted molar refractivity (Wildman–Crippen MR) is 78.5 cm³/mol. The van der Waals surface area contributed by atoms with Gasteiger partial charge in [0.25, 0.3) is 0 Å². The first-order valence-electron chi connectivity index (χ1n) is 7.04. The number of carboxylic acid groups (broad SMARTS) is 1.